The van der Waals surface area contributed by atoms with Gasteiger partial charge < -0.3 is 5.11 Å². The summed E-state index contributed by atoms with van der Waals surface area (Å²) in [5.41, 5.74) is 0.632. The number of thiazole rings is 1. The third-order valence-electron chi connectivity index (χ3n) is 4.43. The Morgan fingerprint density at radius 3 is 2.50 bits per heavy atom. The van der Waals surface area contributed by atoms with E-state index in [0.717, 1.165) is 56.0 Å². The standard InChI is InChI=1S/C15H24N2O2S/c1-4-5-15(14(18)19)6-8-17(9-7-15)10-13-16-11(2)12(3)20-13/h4-10H2,1-3H3,(H,18,19). The Labute approximate surface area is 124 Å². The molecular formula is C15H24N2O2S. The van der Waals surface area contributed by atoms with Gasteiger partial charge in [-0.2, -0.15) is 0 Å². The van der Waals surface area contributed by atoms with Gasteiger partial charge in [0.2, 0.25) is 0 Å². The van der Waals surface area contributed by atoms with E-state index in [4.69, 9.17) is 0 Å². The van der Waals surface area contributed by atoms with E-state index in [9.17, 15) is 9.90 Å². The largest absolute Gasteiger partial charge is 0.481 e. The van der Waals surface area contributed by atoms with Crippen molar-refractivity contribution in [3.05, 3.63) is 15.6 Å². The number of carboxylic acid groups (broad SMARTS) is 1. The third kappa shape index (κ3) is 3.20. The molecule has 0 unspecified atom stereocenters. The van der Waals surface area contributed by atoms with Crippen LogP contribution in [0.2, 0.25) is 0 Å². The summed E-state index contributed by atoms with van der Waals surface area (Å²) >= 11 is 1.76. The van der Waals surface area contributed by atoms with E-state index in [-0.39, 0.29) is 0 Å². The number of hydrogen-bond donors (Lipinski definition) is 1. The molecule has 0 aromatic carbocycles. The lowest BCUT2D eigenvalue weighted by molar-refractivity contribution is -0.152. The zero-order valence-electron chi connectivity index (χ0n) is 12.6. The second kappa shape index (κ2) is 6.22. The number of aliphatic carboxylic acids is 1. The van der Waals surface area contributed by atoms with Crippen LogP contribution in [0.15, 0.2) is 0 Å². The molecule has 112 valence electrons. The van der Waals surface area contributed by atoms with E-state index in [1.54, 1.807) is 11.3 Å². The molecular weight excluding hydrogens is 272 g/mol. The molecule has 1 aromatic heterocycles. The molecule has 1 N–H and O–H groups in total. The first-order valence-corrected chi connectivity index (χ1v) is 8.17. The van der Waals surface area contributed by atoms with Crippen molar-refractivity contribution in [2.45, 2.75) is 53.0 Å². The molecule has 2 heterocycles. The number of carboxylic acids is 1. The summed E-state index contributed by atoms with van der Waals surface area (Å²) in [6.07, 6.45) is 3.27. The molecule has 0 bridgehead atoms. The fourth-order valence-electron chi connectivity index (χ4n) is 2.99. The minimum Gasteiger partial charge on any atom is -0.481 e. The number of likely N-dealkylation sites (tertiary alicyclic amines) is 1. The molecule has 5 heteroatoms. The maximum absolute atomic E-state index is 11.6. The molecule has 0 saturated carbocycles. The van der Waals surface area contributed by atoms with Crippen molar-refractivity contribution in [3.8, 4) is 0 Å². The number of aryl methyl sites for hydroxylation is 2. The SMILES string of the molecule is CCCC1(C(=O)O)CCN(Cc2nc(C)c(C)s2)CC1. The van der Waals surface area contributed by atoms with E-state index in [1.807, 2.05) is 6.92 Å². The Morgan fingerprint density at radius 2 is 2.05 bits per heavy atom. The zero-order chi connectivity index (χ0) is 14.8. The van der Waals surface area contributed by atoms with Crippen molar-refractivity contribution >= 4 is 17.3 Å². The van der Waals surface area contributed by atoms with Crippen LogP contribution in [-0.4, -0.2) is 34.0 Å². The smallest absolute Gasteiger partial charge is 0.309 e. The monoisotopic (exact) mass is 296 g/mol. The van der Waals surface area contributed by atoms with E-state index in [2.05, 4.69) is 23.7 Å². The predicted molar refractivity (Wildman–Crippen MR) is 81.1 cm³/mol. The highest BCUT2D eigenvalue weighted by Crippen LogP contribution is 2.37. The Kier molecular flexibility index (Phi) is 4.81. The van der Waals surface area contributed by atoms with Crippen LogP contribution in [0.3, 0.4) is 0 Å². The van der Waals surface area contributed by atoms with E-state index in [1.165, 1.54) is 4.88 Å². The minimum absolute atomic E-state index is 0.486. The number of piperidine rings is 1. The summed E-state index contributed by atoms with van der Waals surface area (Å²) in [5.74, 6) is -0.611. The van der Waals surface area contributed by atoms with Crippen molar-refractivity contribution in [2.24, 2.45) is 5.41 Å². The average molecular weight is 296 g/mol. The van der Waals surface area contributed by atoms with Crippen molar-refractivity contribution in [3.63, 3.8) is 0 Å². The molecule has 20 heavy (non-hydrogen) atoms. The molecule has 0 radical (unpaired) electrons. The maximum atomic E-state index is 11.6. The quantitative estimate of drug-likeness (QED) is 0.906. The van der Waals surface area contributed by atoms with Gasteiger partial charge in [-0.1, -0.05) is 13.3 Å². The van der Waals surface area contributed by atoms with Crippen LogP contribution in [0, 0.1) is 19.3 Å². The maximum Gasteiger partial charge on any atom is 0.309 e. The van der Waals surface area contributed by atoms with Crippen molar-refractivity contribution in [1.29, 1.82) is 0 Å². The fraction of sp³-hybridized carbons (Fsp3) is 0.733. The summed E-state index contributed by atoms with van der Waals surface area (Å²) in [7, 11) is 0. The molecule has 0 spiro atoms. The topological polar surface area (TPSA) is 53.4 Å². The van der Waals surface area contributed by atoms with Crippen LogP contribution < -0.4 is 0 Å². The summed E-state index contributed by atoms with van der Waals surface area (Å²) < 4.78 is 0. The highest BCUT2D eigenvalue weighted by Gasteiger charge is 2.40. The van der Waals surface area contributed by atoms with Crippen molar-refractivity contribution < 1.29 is 9.90 Å². The lowest BCUT2D eigenvalue weighted by Gasteiger charge is -2.38. The second-order valence-corrected chi connectivity index (χ2v) is 7.15. The zero-order valence-corrected chi connectivity index (χ0v) is 13.4. The number of aromatic nitrogens is 1. The summed E-state index contributed by atoms with van der Waals surface area (Å²) in [6, 6.07) is 0. The number of rotatable bonds is 5. The van der Waals surface area contributed by atoms with Crippen LogP contribution in [0.25, 0.3) is 0 Å². The predicted octanol–water partition coefficient (Wildman–Crippen LogP) is 3.23. The summed E-state index contributed by atoms with van der Waals surface area (Å²) in [5, 5.41) is 10.7. The average Bonchev–Trinajstić information content (AvgIpc) is 2.71. The number of hydrogen-bond acceptors (Lipinski definition) is 4. The van der Waals surface area contributed by atoms with Gasteiger partial charge in [-0.05, 0) is 46.2 Å². The molecule has 4 nitrogen and oxygen atoms in total. The van der Waals surface area contributed by atoms with Crippen LogP contribution >= 0.6 is 11.3 Å². The van der Waals surface area contributed by atoms with Gasteiger partial charge in [-0.15, -0.1) is 11.3 Å². The van der Waals surface area contributed by atoms with Gasteiger partial charge in [0.1, 0.15) is 5.01 Å². The van der Waals surface area contributed by atoms with Gasteiger partial charge in [0.05, 0.1) is 17.7 Å². The normalized spacial score (nSPS) is 19.1. The van der Waals surface area contributed by atoms with E-state index >= 15 is 0 Å². The Bertz CT molecular complexity index is 457. The highest BCUT2D eigenvalue weighted by atomic mass is 32.1. The first kappa shape index (κ1) is 15.4. The van der Waals surface area contributed by atoms with Crippen molar-refractivity contribution in [2.75, 3.05) is 13.1 Å². The Morgan fingerprint density at radius 1 is 1.40 bits per heavy atom. The van der Waals surface area contributed by atoms with Gasteiger partial charge in [-0.3, -0.25) is 9.69 Å². The van der Waals surface area contributed by atoms with Crippen LogP contribution in [0.4, 0.5) is 0 Å². The molecule has 0 amide bonds. The van der Waals surface area contributed by atoms with Crippen LogP contribution in [0.5, 0.6) is 0 Å². The highest BCUT2D eigenvalue weighted by molar-refractivity contribution is 7.11. The Balaban J connectivity index is 1.95. The molecule has 0 atom stereocenters. The number of nitrogens with zero attached hydrogens (tertiary/aromatic N) is 2. The van der Waals surface area contributed by atoms with Crippen molar-refractivity contribution in [1.82, 2.24) is 9.88 Å². The summed E-state index contributed by atoms with van der Waals surface area (Å²) in [6.45, 7) is 8.80. The molecule has 0 aliphatic carbocycles. The Hall–Kier alpha value is -0.940. The first-order valence-electron chi connectivity index (χ1n) is 7.35. The minimum atomic E-state index is -0.611. The molecule has 1 aromatic rings. The van der Waals surface area contributed by atoms with Gasteiger partial charge in [0, 0.05) is 4.88 Å². The molecule has 1 fully saturated rings. The molecule has 1 aliphatic rings. The first-order chi connectivity index (χ1) is 9.47. The van der Waals surface area contributed by atoms with Gasteiger partial charge in [0.25, 0.3) is 0 Å². The third-order valence-corrected chi connectivity index (χ3v) is 5.48. The molecule has 2 rings (SSSR count). The fourth-order valence-corrected chi connectivity index (χ4v) is 3.96. The lowest BCUT2D eigenvalue weighted by atomic mass is 9.75. The van der Waals surface area contributed by atoms with Crippen LogP contribution in [0.1, 0.15) is 48.2 Å². The molecule has 1 saturated heterocycles. The molecule has 1 aliphatic heterocycles. The lowest BCUT2D eigenvalue weighted by Crippen LogP contribution is -2.44. The van der Waals surface area contributed by atoms with E-state index < -0.39 is 11.4 Å². The summed E-state index contributed by atoms with van der Waals surface area (Å²) in [4.78, 5) is 19.7. The van der Waals surface area contributed by atoms with Crippen LogP contribution in [-0.2, 0) is 11.3 Å². The van der Waals surface area contributed by atoms with E-state index in [0.29, 0.717) is 0 Å². The van der Waals surface area contributed by atoms with Gasteiger partial charge in [-0.25, -0.2) is 4.98 Å². The van der Waals surface area contributed by atoms with Gasteiger partial charge in [0.15, 0.2) is 0 Å². The number of carbonyl (C=O) groups is 1. The van der Waals surface area contributed by atoms with Gasteiger partial charge >= 0.3 is 5.97 Å². The second-order valence-electron chi connectivity index (χ2n) is 5.86.